The highest BCUT2D eigenvalue weighted by Crippen LogP contribution is 2.30. The average Bonchev–Trinajstić information content (AvgIpc) is 2.80. The number of nitrogens with zero attached hydrogens (tertiary/aromatic N) is 2. The lowest BCUT2D eigenvalue weighted by Crippen LogP contribution is -2.48. The van der Waals surface area contributed by atoms with E-state index in [4.69, 9.17) is 11.6 Å². The van der Waals surface area contributed by atoms with Crippen LogP contribution in [0.3, 0.4) is 0 Å². The van der Waals surface area contributed by atoms with E-state index in [1.165, 1.54) is 0 Å². The second-order valence-electron chi connectivity index (χ2n) is 7.56. The lowest BCUT2D eigenvalue weighted by molar-refractivity contribution is -0.129. The van der Waals surface area contributed by atoms with Crippen LogP contribution < -0.4 is 10.2 Å². The normalized spacial score (nSPS) is 13.7. The van der Waals surface area contributed by atoms with Crippen molar-refractivity contribution >= 4 is 34.8 Å². The highest BCUT2D eigenvalue weighted by Gasteiger charge is 2.20. The lowest BCUT2D eigenvalue weighted by Gasteiger charge is -2.36. The number of hydrogen-bond acceptors (Lipinski definition) is 3. The monoisotopic (exact) mass is 433 g/mol. The zero-order valence-electron chi connectivity index (χ0n) is 17.3. The molecule has 0 unspecified atom stereocenters. The zero-order chi connectivity index (χ0) is 21.8. The predicted molar refractivity (Wildman–Crippen MR) is 126 cm³/mol. The minimum Gasteiger partial charge on any atom is -0.367 e. The predicted octanol–water partition coefficient (Wildman–Crippen LogP) is 4.93. The molecule has 1 aliphatic heterocycles. The maximum atomic E-state index is 12.7. The van der Waals surface area contributed by atoms with Crippen LogP contribution in [-0.2, 0) is 4.79 Å². The van der Waals surface area contributed by atoms with Gasteiger partial charge in [-0.3, -0.25) is 9.59 Å². The standard InChI is InChI=1S/C25H24ClN3O2/c1-18(30)28-13-15-29(16-14-28)24-12-11-22(17-23(24)26)27-25(31)21-9-7-20(8-10-21)19-5-3-2-4-6-19/h2-12,17H,13-16H2,1H3,(H,27,31). The summed E-state index contributed by atoms with van der Waals surface area (Å²) >= 11 is 6.51. The Hall–Kier alpha value is -3.31. The van der Waals surface area contributed by atoms with Crippen LogP contribution in [-0.4, -0.2) is 42.9 Å². The molecule has 0 saturated carbocycles. The summed E-state index contributed by atoms with van der Waals surface area (Å²) in [6.07, 6.45) is 0. The number of halogens is 1. The molecule has 158 valence electrons. The maximum Gasteiger partial charge on any atom is 0.255 e. The van der Waals surface area contributed by atoms with Crippen LogP contribution in [0.1, 0.15) is 17.3 Å². The lowest BCUT2D eigenvalue weighted by atomic mass is 10.0. The Bertz CT molecular complexity index is 1080. The summed E-state index contributed by atoms with van der Waals surface area (Å²) in [6, 6.07) is 23.1. The fraction of sp³-hybridized carbons (Fsp3) is 0.200. The Labute approximate surface area is 187 Å². The van der Waals surface area contributed by atoms with Gasteiger partial charge in [0.25, 0.3) is 5.91 Å². The third-order valence-electron chi connectivity index (χ3n) is 5.53. The van der Waals surface area contributed by atoms with Crippen LogP contribution in [0.15, 0.2) is 72.8 Å². The number of piperazine rings is 1. The summed E-state index contributed by atoms with van der Waals surface area (Å²) in [5.74, 6) is -0.0842. The fourth-order valence-corrected chi connectivity index (χ4v) is 4.05. The van der Waals surface area contributed by atoms with Gasteiger partial charge in [-0.25, -0.2) is 0 Å². The molecule has 6 heteroatoms. The molecule has 0 aliphatic carbocycles. The van der Waals surface area contributed by atoms with Crippen molar-refractivity contribution < 1.29 is 9.59 Å². The van der Waals surface area contributed by atoms with E-state index in [9.17, 15) is 9.59 Å². The van der Waals surface area contributed by atoms with Gasteiger partial charge in [0.15, 0.2) is 0 Å². The number of benzene rings is 3. The first-order valence-corrected chi connectivity index (χ1v) is 10.7. The van der Waals surface area contributed by atoms with Gasteiger partial charge in [0.2, 0.25) is 5.91 Å². The van der Waals surface area contributed by atoms with Gasteiger partial charge < -0.3 is 15.1 Å². The van der Waals surface area contributed by atoms with Crippen LogP contribution in [0.5, 0.6) is 0 Å². The third-order valence-corrected chi connectivity index (χ3v) is 5.83. The van der Waals surface area contributed by atoms with Crippen molar-refractivity contribution in [1.82, 2.24) is 4.90 Å². The SMILES string of the molecule is CC(=O)N1CCN(c2ccc(NC(=O)c3ccc(-c4ccccc4)cc3)cc2Cl)CC1. The molecule has 4 rings (SSSR count). The van der Waals surface area contributed by atoms with Gasteiger partial charge >= 0.3 is 0 Å². The van der Waals surface area contributed by atoms with Gasteiger partial charge in [0, 0.05) is 44.4 Å². The minimum atomic E-state index is -0.182. The number of amides is 2. The Morgan fingerprint density at radius 1 is 0.839 bits per heavy atom. The molecular formula is C25H24ClN3O2. The van der Waals surface area contributed by atoms with Crippen molar-refractivity contribution in [2.75, 3.05) is 36.4 Å². The quantitative estimate of drug-likeness (QED) is 0.634. The number of carbonyl (C=O) groups excluding carboxylic acids is 2. The first-order valence-electron chi connectivity index (χ1n) is 10.3. The van der Waals surface area contributed by atoms with Crippen LogP contribution in [0.4, 0.5) is 11.4 Å². The van der Waals surface area contributed by atoms with Crippen LogP contribution in [0, 0.1) is 0 Å². The molecule has 5 nitrogen and oxygen atoms in total. The van der Waals surface area contributed by atoms with Gasteiger partial charge in [-0.05, 0) is 41.5 Å². The molecule has 1 N–H and O–H groups in total. The van der Waals surface area contributed by atoms with E-state index in [1.54, 1.807) is 13.0 Å². The Kier molecular flexibility index (Phi) is 6.23. The second-order valence-corrected chi connectivity index (χ2v) is 7.96. The largest absolute Gasteiger partial charge is 0.367 e. The highest BCUT2D eigenvalue weighted by atomic mass is 35.5. The molecule has 0 radical (unpaired) electrons. The topological polar surface area (TPSA) is 52.7 Å². The van der Waals surface area contributed by atoms with E-state index in [0.717, 1.165) is 29.9 Å². The molecule has 1 heterocycles. The summed E-state index contributed by atoms with van der Waals surface area (Å²) in [6.45, 7) is 4.43. The van der Waals surface area contributed by atoms with E-state index in [0.29, 0.717) is 29.4 Å². The molecule has 3 aromatic carbocycles. The van der Waals surface area contributed by atoms with E-state index in [2.05, 4.69) is 10.2 Å². The minimum absolute atomic E-state index is 0.0978. The molecule has 1 saturated heterocycles. The number of hydrogen-bond donors (Lipinski definition) is 1. The van der Waals surface area contributed by atoms with E-state index >= 15 is 0 Å². The summed E-state index contributed by atoms with van der Waals surface area (Å²) in [5, 5.41) is 3.49. The Morgan fingerprint density at radius 3 is 2.10 bits per heavy atom. The van der Waals surface area contributed by atoms with Crippen LogP contribution >= 0.6 is 11.6 Å². The highest BCUT2D eigenvalue weighted by molar-refractivity contribution is 6.33. The molecule has 1 aliphatic rings. The molecule has 0 aromatic heterocycles. The van der Waals surface area contributed by atoms with Crippen molar-refractivity contribution in [3.05, 3.63) is 83.4 Å². The van der Waals surface area contributed by atoms with Crippen molar-refractivity contribution in [3.8, 4) is 11.1 Å². The number of carbonyl (C=O) groups is 2. The Morgan fingerprint density at radius 2 is 1.48 bits per heavy atom. The van der Waals surface area contributed by atoms with Crippen LogP contribution in [0.25, 0.3) is 11.1 Å². The average molecular weight is 434 g/mol. The van der Waals surface area contributed by atoms with Gasteiger partial charge in [-0.1, -0.05) is 54.1 Å². The first-order chi connectivity index (χ1) is 15.0. The van der Waals surface area contributed by atoms with Crippen molar-refractivity contribution in [2.45, 2.75) is 6.92 Å². The van der Waals surface area contributed by atoms with Crippen molar-refractivity contribution in [2.24, 2.45) is 0 Å². The summed E-state index contributed by atoms with van der Waals surface area (Å²) in [5.41, 5.74) is 4.32. The van der Waals surface area contributed by atoms with Crippen molar-refractivity contribution in [3.63, 3.8) is 0 Å². The molecule has 31 heavy (non-hydrogen) atoms. The molecule has 0 bridgehead atoms. The van der Waals surface area contributed by atoms with Gasteiger partial charge in [-0.2, -0.15) is 0 Å². The third kappa shape index (κ3) is 4.89. The molecule has 0 atom stereocenters. The number of nitrogens with one attached hydrogen (secondary N) is 1. The van der Waals surface area contributed by atoms with Gasteiger partial charge in [0.05, 0.1) is 10.7 Å². The number of anilines is 2. The summed E-state index contributed by atoms with van der Waals surface area (Å²) in [7, 11) is 0. The smallest absolute Gasteiger partial charge is 0.255 e. The molecule has 3 aromatic rings. The number of rotatable bonds is 4. The van der Waals surface area contributed by atoms with Crippen molar-refractivity contribution in [1.29, 1.82) is 0 Å². The second kappa shape index (κ2) is 9.23. The Balaban J connectivity index is 1.41. The van der Waals surface area contributed by atoms with E-state index in [-0.39, 0.29) is 11.8 Å². The van der Waals surface area contributed by atoms with E-state index < -0.39 is 0 Å². The fourth-order valence-electron chi connectivity index (χ4n) is 3.75. The summed E-state index contributed by atoms with van der Waals surface area (Å²) in [4.78, 5) is 28.2. The molecule has 0 spiro atoms. The van der Waals surface area contributed by atoms with Gasteiger partial charge in [-0.15, -0.1) is 0 Å². The summed E-state index contributed by atoms with van der Waals surface area (Å²) < 4.78 is 0. The molecule has 2 amide bonds. The van der Waals surface area contributed by atoms with Gasteiger partial charge in [0.1, 0.15) is 0 Å². The van der Waals surface area contributed by atoms with Crippen LogP contribution in [0.2, 0.25) is 5.02 Å². The molecule has 1 fully saturated rings. The molecular weight excluding hydrogens is 410 g/mol. The first kappa shape index (κ1) is 20.9. The zero-order valence-corrected chi connectivity index (χ0v) is 18.1. The van der Waals surface area contributed by atoms with E-state index in [1.807, 2.05) is 71.6 Å². The maximum absolute atomic E-state index is 12.7.